The van der Waals surface area contributed by atoms with Crippen LogP contribution in [0.5, 0.6) is 5.75 Å². The molecule has 1 aromatic carbocycles. The minimum absolute atomic E-state index is 0.0680. The van der Waals surface area contributed by atoms with Gasteiger partial charge in [0, 0.05) is 12.1 Å². The summed E-state index contributed by atoms with van der Waals surface area (Å²) in [7, 11) is 1.58. The summed E-state index contributed by atoms with van der Waals surface area (Å²) in [6, 6.07) is 9.98. The smallest absolute Gasteiger partial charge is 0.287 e. The second-order valence-electron chi connectivity index (χ2n) is 5.70. The maximum absolute atomic E-state index is 12.5. The number of hydrogen-bond donors (Lipinski definition) is 2. The Balaban J connectivity index is 2.00. The predicted molar refractivity (Wildman–Crippen MR) is 89.6 cm³/mol. The lowest BCUT2D eigenvalue weighted by Crippen LogP contribution is -2.49. The Morgan fingerprint density at radius 1 is 1.17 bits per heavy atom. The highest BCUT2D eigenvalue weighted by molar-refractivity contribution is 5.95. The fraction of sp³-hybridized carbons (Fsp3) is 0.333. The third-order valence-corrected chi connectivity index (χ3v) is 3.63. The summed E-state index contributed by atoms with van der Waals surface area (Å²) in [5.41, 5.74) is 0.869. The normalized spacial score (nSPS) is 11.8. The van der Waals surface area contributed by atoms with Gasteiger partial charge in [-0.15, -0.1) is 0 Å². The molecule has 2 rings (SSSR count). The van der Waals surface area contributed by atoms with E-state index < -0.39 is 11.9 Å². The van der Waals surface area contributed by atoms with E-state index >= 15 is 0 Å². The highest BCUT2D eigenvalue weighted by Crippen LogP contribution is 2.17. The van der Waals surface area contributed by atoms with Crippen LogP contribution in [-0.2, 0) is 11.3 Å². The van der Waals surface area contributed by atoms with Crippen molar-refractivity contribution in [2.24, 2.45) is 5.92 Å². The molecule has 6 heteroatoms. The second kappa shape index (κ2) is 8.19. The molecule has 2 amide bonds. The molecule has 0 unspecified atom stereocenters. The van der Waals surface area contributed by atoms with Gasteiger partial charge in [-0.2, -0.15) is 0 Å². The van der Waals surface area contributed by atoms with Crippen molar-refractivity contribution in [1.82, 2.24) is 10.6 Å². The zero-order valence-electron chi connectivity index (χ0n) is 14.0. The number of carbonyl (C=O) groups is 2. The summed E-state index contributed by atoms with van der Waals surface area (Å²) in [6.07, 6.45) is 1.42. The van der Waals surface area contributed by atoms with Crippen molar-refractivity contribution in [3.63, 3.8) is 0 Å². The first kappa shape index (κ1) is 17.6. The summed E-state index contributed by atoms with van der Waals surface area (Å²) in [5.74, 6) is 0.153. The average molecular weight is 330 g/mol. The third kappa shape index (κ3) is 4.38. The molecular formula is C18H22N2O4. The zero-order valence-corrected chi connectivity index (χ0v) is 14.0. The van der Waals surface area contributed by atoms with E-state index in [-0.39, 0.29) is 17.6 Å². The molecule has 0 saturated carbocycles. The Labute approximate surface area is 141 Å². The molecule has 6 nitrogen and oxygen atoms in total. The van der Waals surface area contributed by atoms with Gasteiger partial charge < -0.3 is 19.8 Å². The SMILES string of the molecule is COc1ccccc1CNC(=O)[C@@H](NC(=O)c1ccco1)C(C)C. The molecule has 0 radical (unpaired) electrons. The fourth-order valence-electron chi connectivity index (χ4n) is 2.30. The Hall–Kier alpha value is -2.76. The first-order valence-electron chi connectivity index (χ1n) is 7.77. The number of rotatable bonds is 7. The van der Waals surface area contributed by atoms with Gasteiger partial charge in [0.15, 0.2) is 5.76 Å². The molecule has 24 heavy (non-hydrogen) atoms. The van der Waals surface area contributed by atoms with E-state index in [9.17, 15) is 9.59 Å². The lowest BCUT2D eigenvalue weighted by atomic mass is 10.0. The Kier molecular flexibility index (Phi) is 6.01. The molecule has 0 saturated heterocycles. The monoisotopic (exact) mass is 330 g/mol. The Bertz CT molecular complexity index is 680. The number of amides is 2. The molecular weight excluding hydrogens is 308 g/mol. The Morgan fingerprint density at radius 3 is 2.54 bits per heavy atom. The number of hydrogen-bond acceptors (Lipinski definition) is 4. The number of benzene rings is 1. The summed E-state index contributed by atoms with van der Waals surface area (Å²) in [4.78, 5) is 24.6. The second-order valence-corrected chi connectivity index (χ2v) is 5.70. The maximum atomic E-state index is 12.5. The molecule has 0 bridgehead atoms. The largest absolute Gasteiger partial charge is 0.496 e. The number of furan rings is 1. The minimum atomic E-state index is -0.655. The molecule has 0 aliphatic carbocycles. The number of para-hydroxylation sites is 1. The molecule has 2 N–H and O–H groups in total. The van der Waals surface area contributed by atoms with Crippen LogP contribution in [0.25, 0.3) is 0 Å². The number of methoxy groups -OCH3 is 1. The van der Waals surface area contributed by atoms with Crippen LogP contribution in [0.4, 0.5) is 0 Å². The molecule has 0 fully saturated rings. The van der Waals surface area contributed by atoms with E-state index in [0.29, 0.717) is 12.3 Å². The highest BCUT2D eigenvalue weighted by atomic mass is 16.5. The van der Waals surface area contributed by atoms with Crippen molar-refractivity contribution in [1.29, 1.82) is 0 Å². The van der Waals surface area contributed by atoms with E-state index in [1.165, 1.54) is 6.26 Å². The lowest BCUT2D eigenvalue weighted by Gasteiger charge is -2.21. The molecule has 1 atom stereocenters. The van der Waals surface area contributed by atoms with Gasteiger partial charge in [-0.1, -0.05) is 32.0 Å². The first-order valence-corrected chi connectivity index (χ1v) is 7.77. The van der Waals surface area contributed by atoms with Gasteiger partial charge in [0.2, 0.25) is 5.91 Å². The van der Waals surface area contributed by atoms with Crippen LogP contribution in [0, 0.1) is 5.92 Å². The van der Waals surface area contributed by atoms with Crippen LogP contribution >= 0.6 is 0 Å². The van der Waals surface area contributed by atoms with Gasteiger partial charge in [0.05, 0.1) is 13.4 Å². The van der Waals surface area contributed by atoms with Gasteiger partial charge in [-0.3, -0.25) is 9.59 Å². The minimum Gasteiger partial charge on any atom is -0.496 e. The van der Waals surface area contributed by atoms with Crippen molar-refractivity contribution in [3.8, 4) is 5.75 Å². The van der Waals surface area contributed by atoms with E-state index in [1.807, 2.05) is 38.1 Å². The summed E-state index contributed by atoms with van der Waals surface area (Å²) in [5, 5.41) is 5.55. The number of nitrogens with one attached hydrogen (secondary N) is 2. The first-order chi connectivity index (χ1) is 11.5. The van der Waals surface area contributed by atoms with Crippen LogP contribution in [-0.4, -0.2) is 25.0 Å². The standard InChI is InChI=1S/C18H22N2O4/c1-12(2)16(20-17(21)15-9-6-10-24-15)18(22)19-11-13-7-4-5-8-14(13)23-3/h4-10,12,16H,11H2,1-3H3,(H,19,22)(H,20,21)/t16-/m0/s1. The van der Waals surface area contributed by atoms with Crippen LogP contribution in [0.2, 0.25) is 0 Å². The number of ether oxygens (including phenoxy) is 1. The molecule has 1 aromatic heterocycles. The fourth-order valence-corrected chi connectivity index (χ4v) is 2.30. The zero-order chi connectivity index (χ0) is 17.5. The molecule has 1 heterocycles. The van der Waals surface area contributed by atoms with Crippen molar-refractivity contribution in [2.45, 2.75) is 26.4 Å². The Morgan fingerprint density at radius 2 is 1.92 bits per heavy atom. The maximum Gasteiger partial charge on any atom is 0.287 e. The number of carbonyl (C=O) groups excluding carboxylic acids is 2. The van der Waals surface area contributed by atoms with Crippen molar-refractivity contribution < 1.29 is 18.7 Å². The van der Waals surface area contributed by atoms with Gasteiger partial charge in [-0.25, -0.2) is 0 Å². The van der Waals surface area contributed by atoms with E-state index in [1.54, 1.807) is 19.2 Å². The topological polar surface area (TPSA) is 80.6 Å². The third-order valence-electron chi connectivity index (χ3n) is 3.63. The van der Waals surface area contributed by atoms with E-state index in [0.717, 1.165) is 5.56 Å². The van der Waals surface area contributed by atoms with Crippen molar-refractivity contribution >= 4 is 11.8 Å². The van der Waals surface area contributed by atoms with Gasteiger partial charge in [-0.05, 0) is 24.1 Å². The lowest BCUT2D eigenvalue weighted by molar-refractivity contribution is -0.124. The van der Waals surface area contributed by atoms with Crippen LogP contribution in [0.3, 0.4) is 0 Å². The van der Waals surface area contributed by atoms with Gasteiger partial charge >= 0.3 is 0 Å². The van der Waals surface area contributed by atoms with E-state index in [4.69, 9.17) is 9.15 Å². The quantitative estimate of drug-likeness (QED) is 0.817. The van der Waals surface area contributed by atoms with Gasteiger partial charge in [0.25, 0.3) is 5.91 Å². The van der Waals surface area contributed by atoms with Crippen molar-refractivity contribution in [3.05, 3.63) is 54.0 Å². The molecule has 128 valence electrons. The molecule has 0 aliphatic rings. The van der Waals surface area contributed by atoms with Crippen LogP contribution in [0.1, 0.15) is 30.0 Å². The average Bonchev–Trinajstić information content (AvgIpc) is 3.12. The summed E-state index contributed by atoms with van der Waals surface area (Å²) >= 11 is 0. The summed E-state index contributed by atoms with van der Waals surface area (Å²) in [6.45, 7) is 4.06. The molecule has 0 spiro atoms. The molecule has 2 aromatic rings. The van der Waals surface area contributed by atoms with Crippen molar-refractivity contribution in [2.75, 3.05) is 7.11 Å². The van der Waals surface area contributed by atoms with Crippen LogP contribution in [0.15, 0.2) is 47.1 Å². The summed E-state index contributed by atoms with van der Waals surface area (Å²) < 4.78 is 10.3. The van der Waals surface area contributed by atoms with E-state index in [2.05, 4.69) is 10.6 Å². The highest BCUT2D eigenvalue weighted by Gasteiger charge is 2.25. The molecule has 0 aliphatic heterocycles. The van der Waals surface area contributed by atoms with Gasteiger partial charge in [0.1, 0.15) is 11.8 Å². The van der Waals surface area contributed by atoms with Crippen LogP contribution < -0.4 is 15.4 Å². The predicted octanol–water partition coefficient (Wildman–Crippen LogP) is 2.36.